The van der Waals surface area contributed by atoms with E-state index >= 15 is 0 Å². The van der Waals surface area contributed by atoms with Crippen molar-refractivity contribution in [1.29, 1.82) is 0 Å². The molecule has 0 spiro atoms. The summed E-state index contributed by atoms with van der Waals surface area (Å²) in [6.45, 7) is 1.47. The molecule has 25 heavy (non-hydrogen) atoms. The second-order valence-corrected chi connectivity index (χ2v) is 5.87. The molecule has 0 bridgehead atoms. The normalized spacial score (nSPS) is 15.9. The van der Waals surface area contributed by atoms with Crippen LogP contribution in [0.5, 0.6) is 0 Å². The van der Waals surface area contributed by atoms with Gasteiger partial charge in [0.25, 0.3) is 5.91 Å². The van der Waals surface area contributed by atoms with Gasteiger partial charge in [0.05, 0.1) is 11.8 Å². The molecule has 1 amide bonds. The number of alkyl halides is 3. The van der Waals surface area contributed by atoms with Crippen molar-refractivity contribution in [3.05, 3.63) is 54.0 Å². The van der Waals surface area contributed by atoms with Gasteiger partial charge in [-0.25, -0.2) is 4.98 Å². The predicted octanol–water partition coefficient (Wildman–Crippen LogP) is 2.89. The monoisotopic (exact) mass is 350 g/mol. The molecule has 1 aliphatic rings. The highest BCUT2D eigenvalue weighted by molar-refractivity contribution is 5.94. The molecule has 3 rings (SSSR count). The minimum Gasteiger partial charge on any atom is -0.355 e. The fourth-order valence-electron chi connectivity index (χ4n) is 2.79. The van der Waals surface area contributed by atoms with Crippen molar-refractivity contribution >= 4 is 11.7 Å². The van der Waals surface area contributed by atoms with Gasteiger partial charge < -0.3 is 10.2 Å². The largest absolute Gasteiger partial charge is 0.416 e. The summed E-state index contributed by atoms with van der Waals surface area (Å²) in [7, 11) is 0. The van der Waals surface area contributed by atoms with Gasteiger partial charge in [-0.05, 0) is 37.1 Å². The fraction of sp³-hybridized carbons (Fsp3) is 0.353. The van der Waals surface area contributed by atoms with E-state index in [-0.39, 0.29) is 17.5 Å². The summed E-state index contributed by atoms with van der Waals surface area (Å²) < 4.78 is 37.7. The van der Waals surface area contributed by atoms with Crippen LogP contribution >= 0.6 is 0 Å². The van der Waals surface area contributed by atoms with E-state index in [0.29, 0.717) is 0 Å². The van der Waals surface area contributed by atoms with Crippen LogP contribution < -0.4 is 10.2 Å². The second kappa shape index (κ2) is 7.08. The summed E-state index contributed by atoms with van der Waals surface area (Å²) in [6.07, 6.45) is 2.02. The molecular weight excluding hydrogens is 333 g/mol. The third-order valence-electron chi connectivity index (χ3n) is 4.18. The van der Waals surface area contributed by atoms with Crippen molar-refractivity contribution < 1.29 is 18.0 Å². The van der Waals surface area contributed by atoms with Gasteiger partial charge in [0.1, 0.15) is 5.82 Å². The zero-order valence-electron chi connectivity index (χ0n) is 13.3. The van der Waals surface area contributed by atoms with Gasteiger partial charge in [-0.15, -0.1) is 0 Å². The predicted molar refractivity (Wildman–Crippen MR) is 86.2 cm³/mol. The number of piperidine rings is 1. The number of carbonyl (C=O) groups is 1. The first-order valence-corrected chi connectivity index (χ1v) is 7.92. The lowest BCUT2D eigenvalue weighted by Crippen LogP contribution is -2.45. The zero-order valence-corrected chi connectivity index (χ0v) is 13.3. The van der Waals surface area contributed by atoms with Crippen molar-refractivity contribution in [2.24, 2.45) is 0 Å². The lowest BCUT2D eigenvalue weighted by molar-refractivity contribution is -0.137. The Kier molecular flexibility index (Phi) is 4.87. The zero-order chi connectivity index (χ0) is 17.9. The van der Waals surface area contributed by atoms with Crippen molar-refractivity contribution in [3.63, 3.8) is 0 Å². The van der Waals surface area contributed by atoms with Crippen LogP contribution in [0.4, 0.5) is 19.0 Å². The number of nitrogens with zero attached hydrogens (tertiary/aromatic N) is 3. The van der Waals surface area contributed by atoms with Crippen molar-refractivity contribution in [1.82, 2.24) is 15.3 Å². The molecule has 2 aromatic rings. The Morgan fingerprint density at radius 2 is 1.80 bits per heavy atom. The number of carbonyl (C=O) groups excluding carboxylic acids is 1. The fourth-order valence-corrected chi connectivity index (χ4v) is 2.79. The van der Waals surface area contributed by atoms with Crippen molar-refractivity contribution in [2.75, 3.05) is 18.0 Å². The maximum Gasteiger partial charge on any atom is 0.416 e. The Hall–Kier alpha value is -2.64. The Morgan fingerprint density at radius 3 is 2.36 bits per heavy atom. The van der Waals surface area contributed by atoms with Crippen LogP contribution in [0.2, 0.25) is 0 Å². The molecule has 1 aliphatic heterocycles. The number of aromatic nitrogens is 2. The molecule has 0 aliphatic carbocycles. The Labute approximate surface area is 142 Å². The molecule has 0 saturated carbocycles. The maximum atomic E-state index is 12.6. The number of amides is 1. The van der Waals surface area contributed by atoms with E-state index in [0.717, 1.165) is 43.9 Å². The molecule has 1 N–H and O–H groups in total. The molecule has 132 valence electrons. The van der Waals surface area contributed by atoms with Crippen LogP contribution in [0.25, 0.3) is 0 Å². The first kappa shape index (κ1) is 17.2. The highest BCUT2D eigenvalue weighted by Gasteiger charge is 2.30. The minimum atomic E-state index is -4.40. The molecule has 2 heterocycles. The summed E-state index contributed by atoms with van der Waals surface area (Å²) in [5, 5.41) is 2.88. The van der Waals surface area contributed by atoms with E-state index < -0.39 is 11.7 Å². The molecule has 8 heteroatoms. The van der Waals surface area contributed by atoms with E-state index in [2.05, 4.69) is 20.2 Å². The Bertz CT molecular complexity index is 711. The summed E-state index contributed by atoms with van der Waals surface area (Å²) >= 11 is 0. The van der Waals surface area contributed by atoms with Crippen molar-refractivity contribution in [3.8, 4) is 0 Å². The van der Waals surface area contributed by atoms with Crippen LogP contribution in [0, 0.1) is 0 Å². The first-order chi connectivity index (χ1) is 11.9. The van der Waals surface area contributed by atoms with E-state index in [4.69, 9.17) is 0 Å². The summed E-state index contributed by atoms with van der Waals surface area (Å²) in [4.78, 5) is 22.6. The molecule has 0 atom stereocenters. The lowest BCUT2D eigenvalue weighted by atomic mass is 10.0. The molecule has 1 aromatic heterocycles. The van der Waals surface area contributed by atoms with Crippen molar-refractivity contribution in [2.45, 2.75) is 25.1 Å². The molecule has 0 radical (unpaired) electrons. The van der Waals surface area contributed by atoms with E-state index in [1.54, 1.807) is 18.6 Å². The number of hydrogen-bond donors (Lipinski definition) is 1. The summed E-state index contributed by atoms with van der Waals surface area (Å²) in [5.74, 6) is 0.446. The van der Waals surface area contributed by atoms with Gasteiger partial charge in [-0.3, -0.25) is 9.78 Å². The van der Waals surface area contributed by atoms with E-state index in [1.807, 2.05) is 0 Å². The molecular formula is C17H17F3N4O. The number of nitrogens with one attached hydrogen (secondary N) is 1. The van der Waals surface area contributed by atoms with E-state index in [1.165, 1.54) is 12.1 Å². The number of rotatable bonds is 3. The Morgan fingerprint density at radius 1 is 1.12 bits per heavy atom. The minimum absolute atomic E-state index is 0.0114. The lowest BCUT2D eigenvalue weighted by Gasteiger charge is -2.32. The van der Waals surface area contributed by atoms with Crippen LogP contribution in [-0.2, 0) is 6.18 Å². The Balaban J connectivity index is 1.54. The third kappa shape index (κ3) is 4.26. The SMILES string of the molecule is O=C(NC1CCN(c2cnccn2)CC1)c1ccc(C(F)(F)F)cc1. The van der Waals surface area contributed by atoms with Gasteiger partial charge in [0.15, 0.2) is 0 Å². The number of benzene rings is 1. The van der Waals surface area contributed by atoms with Gasteiger partial charge in [-0.1, -0.05) is 0 Å². The number of halogens is 3. The van der Waals surface area contributed by atoms with Crippen LogP contribution in [0.1, 0.15) is 28.8 Å². The second-order valence-electron chi connectivity index (χ2n) is 5.87. The maximum absolute atomic E-state index is 12.6. The highest BCUT2D eigenvalue weighted by atomic mass is 19.4. The number of anilines is 1. The summed E-state index contributed by atoms with van der Waals surface area (Å²) in [6, 6.07) is 4.24. The molecule has 1 aromatic carbocycles. The molecule has 5 nitrogen and oxygen atoms in total. The average molecular weight is 350 g/mol. The van der Waals surface area contributed by atoms with Crippen LogP contribution in [0.3, 0.4) is 0 Å². The van der Waals surface area contributed by atoms with Gasteiger partial charge >= 0.3 is 6.18 Å². The topological polar surface area (TPSA) is 58.1 Å². The number of hydrogen-bond acceptors (Lipinski definition) is 4. The quantitative estimate of drug-likeness (QED) is 0.925. The van der Waals surface area contributed by atoms with E-state index in [9.17, 15) is 18.0 Å². The standard InChI is InChI=1S/C17H17F3N4O/c18-17(19,20)13-3-1-12(2-4-13)16(25)23-14-5-9-24(10-6-14)15-11-21-7-8-22-15/h1-4,7-8,11,14H,5-6,9-10H2,(H,23,25). The average Bonchev–Trinajstić information content (AvgIpc) is 2.62. The van der Waals surface area contributed by atoms with Gasteiger partial charge in [-0.2, -0.15) is 13.2 Å². The smallest absolute Gasteiger partial charge is 0.355 e. The first-order valence-electron chi connectivity index (χ1n) is 7.92. The van der Waals surface area contributed by atoms with Crippen LogP contribution in [-0.4, -0.2) is 35.0 Å². The van der Waals surface area contributed by atoms with Gasteiger partial charge in [0.2, 0.25) is 0 Å². The van der Waals surface area contributed by atoms with Crippen LogP contribution in [0.15, 0.2) is 42.9 Å². The summed E-state index contributed by atoms with van der Waals surface area (Å²) in [5.41, 5.74) is -0.536. The third-order valence-corrected chi connectivity index (χ3v) is 4.18. The van der Waals surface area contributed by atoms with Gasteiger partial charge in [0, 0.05) is 37.1 Å². The molecule has 1 saturated heterocycles. The highest BCUT2D eigenvalue weighted by Crippen LogP contribution is 2.29. The molecule has 0 unspecified atom stereocenters. The molecule has 1 fully saturated rings.